The van der Waals surface area contributed by atoms with Crippen LogP contribution in [0.1, 0.15) is 44.7 Å². The van der Waals surface area contributed by atoms with Gasteiger partial charge in [-0.3, -0.25) is 14.7 Å². The topological polar surface area (TPSA) is 59.8 Å². The number of rotatable bonds is 3. The summed E-state index contributed by atoms with van der Waals surface area (Å²) in [6.07, 6.45) is 6.46. The molecule has 2 aromatic rings. The molecule has 112 valence electrons. The molecule has 2 aromatic heterocycles. The van der Waals surface area contributed by atoms with Crippen molar-refractivity contribution in [3.05, 3.63) is 17.8 Å². The Morgan fingerprint density at radius 3 is 2.76 bits per heavy atom. The second kappa shape index (κ2) is 5.84. The third-order valence-electron chi connectivity index (χ3n) is 4.18. The van der Waals surface area contributed by atoms with Crippen molar-refractivity contribution in [2.24, 2.45) is 5.92 Å². The Hall–Kier alpha value is -1.91. The minimum atomic E-state index is -0.0908. The molecule has 0 bridgehead atoms. The van der Waals surface area contributed by atoms with E-state index in [1.807, 2.05) is 19.1 Å². The lowest BCUT2D eigenvalue weighted by atomic mass is 9.89. The van der Waals surface area contributed by atoms with Crippen molar-refractivity contribution < 1.29 is 4.79 Å². The lowest BCUT2D eigenvalue weighted by molar-refractivity contribution is -0.114. The van der Waals surface area contributed by atoms with Crippen molar-refractivity contribution in [3.63, 3.8) is 0 Å². The zero-order valence-electron chi connectivity index (χ0n) is 12.7. The highest BCUT2D eigenvalue weighted by molar-refractivity contribution is 5.89. The van der Waals surface area contributed by atoms with Crippen LogP contribution in [0.2, 0.25) is 0 Å². The Morgan fingerprint density at radius 1 is 1.29 bits per heavy atom. The maximum atomic E-state index is 11.4. The fourth-order valence-corrected chi connectivity index (χ4v) is 3.15. The minimum Gasteiger partial charge on any atom is -0.296 e. The highest BCUT2D eigenvalue weighted by Crippen LogP contribution is 2.28. The quantitative estimate of drug-likeness (QED) is 0.942. The number of nitrogens with zero attached hydrogens (tertiary/aromatic N) is 3. The number of anilines is 1. The summed E-state index contributed by atoms with van der Waals surface area (Å²) >= 11 is 0. The van der Waals surface area contributed by atoms with E-state index in [2.05, 4.69) is 19.9 Å². The number of aromatic nitrogens is 3. The van der Waals surface area contributed by atoms with E-state index in [1.165, 1.54) is 39.0 Å². The van der Waals surface area contributed by atoms with Crippen LogP contribution in [0.15, 0.2) is 12.1 Å². The normalized spacial score (nSPS) is 16.3. The molecule has 5 nitrogen and oxygen atoms in total. The van der Waals surface area contributed by atoms with Crippen LogP contribution in [0.4, 0.5) is 5.95 Å². The van der Waals surface area contributed by atoms with Crippen LogP contribution < -0.4 is 5.32 Å². The number of hydrogen-bond acceptors (Lipinski definition) is 3. The van der Waals surface area contributed by atoms with Gasteiger partial charge in [0, 0.05) is 19.2 Å². The SMILES string of the molecule is CC(=O)Nc1nc2ccc(C)nc2n1CC1CCCCC1. The molecule has 0 spiro atoms. The Bertz CT molecular complexity index is 656. The Labute approximate surface area is 124 Å². The van der Waals surface area contributed by atoms with Crippen LogP contribution in [0, 0.1) is 12.8 Å². The van der Waals surface area contributed by atoms with Gasteiger partial charge in [0.15, 0.2) is 5.65 Å². The maximum Gasteiger partial charge on any atom is 0.223 e. The van der Waals surface area contributed by atoms with Crippen molar-refractivity contribution in [1.29, 1.82) is 0 Å². The Kier molecular flexibility index (Phi) is 3.90. The minimum absolute atomic E-state index is 0.0908. The molecule has 0 saturated heterocycles. The van der Waals surface area contributed by atoms with Gasteiger partial charge in [0.1, 0.15) is 5.52 Å². The fraction of sp³-hybridized carbons (Fsp3) is 0.562. The van der Waals surface area contributed by atoms with E-state index in [-0.39, 0.29) is 5.91 Å². The van der Waals surface area contributed by atoms with E-state index in [0.717, 1.165) is 23.4 Å². The number of aryl methyl sites for hydroxylation is 1. The highest BCUT2D eigenvalue weighted by Gasteiger charge is 2.19. The van der Waals surface area contributed by atoms with Crippen LogP contribution in [0.3, 0.4) is 0 Å². The van der Waals surface area contributed by atoms with Crippen LogP contribution >= 0.6 is 0 Å². The first-order chi connectivity index (χ1) is 10.1. The van der Waals surface area contributed by atoms with Crippen molar-refractivity contribution in [1.82, 2.24) is 14.5 Å². The summed E-state index contributed by atoms with van der Waals surface area (Å²) in [5.74, 6) is 1.19. The smallest absolute Gasteiger partial charge is 0.223 e. The Morgan fingerprint density at radius 2 is 2.05 bits per heavy atom. The summed E-state index contributed by atoms with van der Waals surface area (Å²) in [5, 5.41) is 2.84. The van der Waals surface area contributed by atoms with Crippen molar-refractivity contribution in [2.75, 3.05) is 5.32 Å². The predicted octanol–water partition coefficient (Wildman–Crippen LogP) is 3.28. The van der Waals surface area contributed by atoms with E-state index in [1.54, 1.807) is 0 Å². The highest BCUT2D eigenvalue weighted by atomic mass is 16.1. The molecule has 21 heavy (non-hydrogen) atoms. The van der Waals surface area contributed by atoms with E-state index in [0.29, 0.717) is 11.9 Å². The molecule has 1 N–H and O–H groups in total. The van der Waals surface area contributed by atoms with E-state index in [9.17, 15) is 4.79 Å². The van der Waals surface area contributed by atoms with Crippen molar-refractivity contribution in [3.8, 4) is 0 Å². The zero-order valence-corrected chi connectivity index (χ0v) is 12.7. The van der Waals surface area contributed by atoms with E-state index < -0.39 is 0 Å². The van der Waals surface area contributed by atoms with Gasteiger partial charge in [0.2, 0.25) is 11.9 Å². The number of hydrogen-bond donors (Lipinski definition) is 1. The summed E-state index contributed by atoms with van der Waals surface area (Å²) in [7, 11) is 0. The first kappa shape index (κ1) is 14.0. The fourth-order valence-electron chi connectivity index (χ4n) is 3.15. The van der Waals surface area contributed by atoms with Crippen LogP contribution in [-0.4, -0.2) is 20.4 Å². The largest absolute Gasteiger partial charge is 0.296 e. The average Bonchev–Trinajstić information content (AvgIpc) is 2.77. The van der Waals surface area contributed by atoms with Crippen molar-refractivity contribution in [2.45, 2.75) is 52.5 Å². The molecule has 0 atom stereocenters. The van der Waals surface area contributed by atoms with Gasteiger partial charge in [0.25, 0.3) is 0 Å². The first-order valence-electron chi connectivity index (χ1n) is 7.75. The molecule has 1 aliphatic carbocycles. The number of amides is 1. The van der Waals surface area contributed by atoms with Gasteiger partial charge in [-0.15, -0.1) is 0 Å². The number of fused-ring (bicyclic) bond motifs is 1. The van der Waals surface area contributed by atoms with Gasteiger partial charge in [-0.2, -0.15) is 0 Å². The maximum absolute atomic E-state index is 11.4. The lowest BCUT2D eigenvalue weighted by Crippen LogP contribution is -2.18. The van der Waals surface area contributed by atoms with Crippen LogP contribution in [-0.2, 0) is 11.3 Å². The first-order valence-corrected chi connectivity index (χ1v) is 7.75. The van der Waals surface area contributed by atoms with Crippen molar-refractivity contribution >= 4 is 23.0 Å². The summed E-state index contributed by atoms with van der Waals surface area (Å²) in [5.41, 5.74) is 2.70. The number of carbonyl (C=O) groups is 1. The number of carbonyl (C=O) groups excluding carboxylic acids is 1. The molecule has 0 aliphatic heterocycles. The molecule has 1 amide bonds. The molecular weight excluding hydrogens is 264 g/mol. The third kappa shape index (κ3) is 3.06. The standard InChI is InChI=1S/C16H22N4O/c1-11-8-9-14-15(17-11)20(16(19-14)18-12(2)21)10-13-6-4-3-5-7-13/h8-9,13H,3-7,10H2,1-2H3,(H,18,19,21). The average molecular weight is 286 g/mol. The second-order valence-corrected chi connectivity index (χ2v) is 6.03. The molecule has 2 heterocycles. The molecule has 1 saturated carbocycles. The predicted molar refractivity (Wildman–Crippen MR) is 83.1 cm³/mol. The molecule has 0 radical (unpaired) electrons. The number of pyridine rings is 1. The van der Waals surface area contributed by atoms with Gasteiger partial charge in [-0.1, -0.05) is 19.3 Å². The van der Waals surface area contributed by atoms with Crippen LogP contribution in [0.25, 0.3) is 11.2 Å². The number of imidazole rings is 1. The number of nitrogens with one attached hydrogen (secondary N) is 1. The van der Waals surface area contributed by atoms with E-state index in [4.69, 9.17) is 0 Å². The van der Waals surface area contributed by atoms with Gasteiger partial charge >= 0.3 is 0 Å². The molecule has 1 fully saturated rings. The lowest BCUT2D eigenvalue weighted by Gasteiger charge is -2.22. The van der Waals surface area contributed by atoms with Gasteiger partial charge < -0.3 is 0 Å². The van der Waals surface area contributed by atoms with Gasteiger partial charge in [-0.05, 0) is 37.8 Å². The van der Waals surface area contributed by atoms with Crippen LogP contribution in [0.5, 0.6) is 0 Å². The zero-order chi connectivity index (χ0) is 14.8. The second-order valence-electron chi connectivity index (χ2n) is 6.03. The molecule has 5 heteroatoms. The summed E-state index contributed by atoms with van der Waals surface area (Å²) < 4.78 is 2.08. The molecule has 1 aliphatic rings. The summed E-state index contributed by atoms with van der Waals surface area (Å²) in [6, 6.07) is 3.93. The Balaban J connectivity index is 1.98. The summed E-state index contributed by atoms with van der Waals surface area (Å²) in [6.45, 7) is 4.39. The van der Waals surface area contributed by atoms with E-state index >= 15 is 0 Å². The molecule has 3 rings (SSSR count). The van der Waals surface area contributed by atoms with Gasteiger partial charge in [-0.25, -0.2) is 9.97 Å². The monoisotopic (exact) mass is 286 g/mol. The summed E-state index contributed by atoms with van der Waals surface area (Å²) in [4.78, 5) is 20.6. The van der Waals surface area contributed by atoms with Gasteiger partial charge in [0.05, 0.1) is 0 Å². The third-order valence-corrected chi connectivity index (χ3v) is 4.18. The molecular formula is C16H22N4O. The molecule has 0 aromatic carbocycles. The molecule has 0 unspecified atom stereocenters.